The summed E-state index contributed by atoms with van der Waals surface area (Å²) in [5, 5.41) is 15.0. The van der Waals surface area contributed by atoms with Gasteiger partial charge in [-0.25, -0.2) is 9.50 Å². The van der Waals surface area contributed by atoms with E-state index in [0.29, 0.717) is 12.5 Å². The van der Waals surface area contributed by atoms with Crippen molar-refractivity contribution in [1.29, 1.82) is 0 Å². The molecule has 0 aliphatic carbocycles. The van der Waals surface area contributed by atoms with Crippen molar-refractivity contribution in [1.82, 2.24) is 19.5 Å². The quantitative estimate of drug-likeness (QED) is 0.937. The SMILES string of the molecule is Cc1nn2c(CN3CCCCC3C(=O)O)c(C(C)C)nc2s1. The number of nitrogens with zero attached hydrogens (tertiary/aromatic N) is 4. The summed E-state index contributed by atoms with van der Waals surface area (Å²) < 4.78 is 1.91. The van der Waals surface area contributed by atoms with Gasteiger partial charge >= 0.3 is 5.97 Å². The highest BCUT2D eigenvalue weighted by Gasteiger charge is 2.30. The molecule has 3 heterocycles. The molecule has 120 valence electrons. The predicted octanol–water partition coefficient (Wildman–Crippen LogP) is 2.66. The van der Waals surface area contributed by atoms with Crippen molar-refractivity contribution >= 4 is 22.3 Å². The van der Waals surface area contributed by atoms with Gasteiger partial charge in [0.2, 0.25) is 4.96 Å². The van der Waals surface area contributed by atoms with Crippen LogP contribution in [0.5, 0.6) is 0 Å². The maximum absolute atomic E-state index is 11.5. The smallest absolute Gasteiger partial charge is 0.320 e. The molecular weight excluding hydrogens is 300 g/mol. The first-order valence-corrected chi connectivity index (χ1v) is 8.61. The number of aryl methyl sites for hydroxylation is 1. The fraction of sp³-hybridized carbons (Fsp3) is 0.667. The lowest BCUT2D eigenvalue weighted by atomic mass is 10.0. The highest BCUT2D eigenvalue weighted by molar-refractivity contribution is 7.16. The minimum absolute atomic E-state index is 0.303. The molecule has 3 rings (SSSR count). The summed E-state index contributed by atoms with van der Waals surface area (Å²) in [7, 11) is 0. The third-order valence-corrected chi connectivity index (χ3v) is 5.05. The summed E-state index contributed by atoms with van der Waals surface area (Å²) in [6.45, 7) is 7.64. The van der Waals surface area contributed by atoms with Crippen LogP contribution in [0, 0.1) is 6.92 Å². The van der Waals surface area contributed by atoms with Crippen LogP contribution >= 0.6 is 11.3 Å². The van der Waals surface area contributed by atoms with Gasteiger partial charge in [0.15, 0.2) is 0 Å². The predicted molar refractivity (Wildman–Crippen MR) is 85.4 cm³/mol. The molecule has 22 heavy (non-hydrogen) atoms. The van der Waals surface area contributed by atoms with E-state index in [9.17, 15) is 9.90 Å². The van der Waals surface area contributed by atoms with Crippen molar-refractivity contribution in [2.45, 2.75) is 58.5 Å². The lowest BCUT2D eigenvalue weighted by molar-refractivity contribution is -0.144. The normalized spacial score (nSPS) is 20.1. The van der Waals surface area contributed by atoms with Crippen molar-refractivity contribution in [3.8, 4) is 0 Å². The molecule has 0 bridgehead atoms. The van der Waals surface area contributed by atoms with Gasteiger partial charge in [0.1, 0.15) is 11.0 Å². The third kappa shape index (κ3) is 2.75. The molecule has 1 aliphatic heterocycles. The van der Waals surface area contributed by atoms with Gasteiger partial charge < -0.3 is 5.11 Å². The molecule has 1 aliphatic rings. The fourth-order valence-electron chi connectivity index (χ4n) is 3.16. The molecule has 1 fully saturated rings. The van der Waals surface area contributed by atoms with Crippen LogP contribution in [0.1, 0.15) is 55.4 Å². The molecule has 1 unspecified atom stereocenters. The Hall–Kier alpha value is -1.47. The molecule has 1 N–H and O–H groups in total. The Morgan fingerprint density at radius 1 is 1.45 bits per heavy atom. The molecule has 0 radical (unpaired) electrons. The topological polar surface area (TPSA) is 70.7 Å². The largest absolute Gasteiger partial charge is 0.480 e. The summed E-state index contributed by atoms with van der Waals surface area (Å²) >= 11 is 1.58. The average molecular weight is 322 g/mol. The van der Waals surface area contributed by atoms with Crippen LogP contribution in [-0.4, -0.2) is 43.2 Å². The molecule has 0 amide bonds. The number of aliphatic carboxylic acids is 1. The Morgan fingerprint density at radius 2 is 2.23 bits per heavy atom. The minimum atomic E-state index is -0.721. The van der Waals surface area contributed by atoms with Crippen LogP contribution in [0.25, 0.3) is 4.96 Å². The van der Waals surface area contributed by atoms with Gasteiger partial charge in [-0.2, -0.15) is 5.10 Å². The van der Waals surface area contributed by atoms with Crippen LogP contribution in [0.2, 0.25) is 0 Å². The number of fused-ring (bicyclic) bond motifs is 1. The second-order valence-corrected chi connectivity index (χ2v) is 7.39. The number of imidazole rings is 1. The molecule has 1 atom stereocenters. The van der Waals surface area contributed by atoms with Gasteiger partial charge in [0, 0.05) is 6.54 Å². The molecule has 0 spiro atoms. The Bertz CT molecular complexity index is 691. The fourth-order valence-corrected chi connectivity index (χ4v) is 3.93. The Balaban J connectivity index is 1.97. The van der Waals surface area contributed by atoms with E-state index in [1.807, 2.05) is 11.4 Å². The maximum Gasteiger partial charge on any atom is 0.320 e. The number of hydrogen-bond acceptors (Lipinski definition) is 5. The van der Waals surface area contributed by atoms with E-state index in [-0.39, 0.29) is 6.04 Å². The van der Waals surface area contributed by atoms with Crippen molar-refractivity contribution in [3.63, 3.8) is 0 Å². The van der Waals surface area contributed by atoms with Crippen molar-refractivity contribution in [2.75, 3.05) is 6.54 Å². The maximum atomic E-state index is 11.5. The number of piperidine rings is 1. The summed E-state index contributed by atoms with van der Waals surface area (Å²) in [6.07, 6.45) is 2.77. The summed E-state index contributed by atoms with van der Waals surface area (Å²) in [4.78, 5) is 19.2. The van der Waals surface area contributed by atoms with E-state index in [4.69, 9.17) is 4.98 Å². The van der Waals surface area contributed by atoms with Crippen LogP contribution in [-0.2, 0) is 11.3 Å². The summed E-state index contributed by atoms with van der Waals surface area (Å²) in [5.74, 6) is -0.418. The van der Waals surface area contributed by atoms with Gasteiger partial charge in [-0.15, -0.1) is 0 Å². The first-order valence-electron chi connectivity index (χ1n) is 7.79. The molecule has 0 saturated carbocycles. The van der Waals surface area contributed by atoms with Crippen LogP contribution in [0.4, 0.5) is 0 Å². The van der Waals surface area contributed by atoms with E-state index >= 15 is 0 Å². The Labute approximate surface area is 133 Å². The number of carbonyl (C=O) groups is 1. The molecular formula is C15H22N4O2S. The zero-order valence-electron chi connectivity index (χ0n) is 13.2. The monoisotopic (exact) mass is 322 g/mol. The van der Waals surface area contributed by atoms with Crippen LogP contribution in [0.3, 0.4) is 0 Å². The second kappa shape index (κ2) is 5.96. The van der Waals surface area contributed by atoms with Gasteiger partial charge in [-0.3, -0.25) is 9.69 Å². The average Bonchev–Trinajstić information content (AvgIpc) is 2.97. The van der Waals surface area contributed by atoms with E-state index in [1.165, 1.54) is 0 Å². The lowest BCUT2D eigenvalue weighted by Crippen LogP contribution is -2.44. The molecule has 2 aromatic rings. The number of likely N-dealkylation sites (tertiary alicyclic amines) is 1. The minimum Gasteiger partial charge on any atom is -0.480 e. The van der Waals surface area contributed by atoms with E-state index in [1.54, 1.807) is 11.3 Å². The first kappa shape index (κ1) is 15.4. The number of aromatic nitrogens is 3. The zero-order chi connectivity index (χ0) is 15.9. The lowest BCUT2D eigenvalue weighted by Gasteiger charge is -2.32. The van der Waals surface area contributed by atoms with Gasteiger partial charge in [-0.05, 0) is 32.2 Å². The molecule has 1 saturated heterocycles. The molecule has 2 aromatic heterocycles. The highest BCUT2D eigenvalue weighted by Crippen LogP contribution is 2.27. The second-order valence-electron chi connectivity index (χ2n) is 6.23. The van der Waals surface area contributed by atoms with Crippen molar-refractivity contribution < 1.29 is 9.90 Å². The van der Waals surface area contributed by atoms with E-state index < -0.39 is 5.97 Å². The standard InChI is InChI=1S/C15H22N4O2S/c1-9(2)13-12(19-15(16-13)22-10(3)17-19)8-18-7-5-4-6-11(18)14(20)21/h9,11H,4-8H2,1-3H3,(H,20,21). The van der Waals surface area contributed by atoms with Crippen LogP contribution < -0.4 is 0 Å². The molecule has 7 heteroatoms. The van der Waals surface area contributed by atoms with E-state index in [2.05, 4.69) is 23.8 Å². The van der Waals surface area contributed by atoms with Gasteiger partial charge in [-0.1, -0.05) is 31.6 Å². The number of rotatable bonds is 4. The van der Waals surface area contributed by atoms with E-state index in [0.717, 1.165) is 47.2 Å². The molecule has 6 nitrogen and oxygen atoms in total. The highest BCUT2D eigenvalue weighted by atomic mass is 32.1. The first-order chi connectivity index (χ1) is 10.5. The number of hydrogen-bond donors (Lipinski definition) is 1. The third-order valence-electron chi connectivity index (χ3n) is 4.23. The molecule has 0 aromatic carbocycles. The zero-order valence-corrected chi connectivity index (χ0v) is 14.1. The van der Waals surface area contributed by atoms with Crippen molar-refractivity contribution in [2.24, 2.45) is 0 Å². The summed E-state index contributed by atoms with van der Waals surface area (Å²) in [5.41, 5.74) is 2.08. The number of carboxylic acid groups (broad SMARTS) is 1. The Morgan fingerprint density at radius 3 is 2.91 bits per heavy atom. The van der Waals surface area contributed by atoms with Gasteiger partial charge in [0.05, 0.1) is 11.4 Å². The Kier molecular flexibility index (Phi) is 4.18. The number of carboxylic acids is 1. The van der Waals surface area contributed by atoms with Gasteiger partial charge in [0.25, 0.3) is 0 Å². The van der Waals surface area contributed by atoms with Crippen LogP contribution in [0.15, 0.2) is 0 Å². The van der Waals surface area contributed by atoms with Crippen molar-refractivity contribution in [3.05, 3.63) is 16.4 Å². The summed E-state index contributed by atoms with van der Waals surface area (Å²) in [6, 6.07) is -0.390.